The van der Waals surface area contributed by atoms with Crippen LogP contribution in [0.2, 0.25) is 0 Å². The molecule has 0 saturated heterocycles. The molecule has 0 aliphatic carbocycles. The first-order chi connectivity index (χ1) is 33.9. The highest BCUT2D eigenvalue weighted by Gasteiger charge is 2.40. The van der Waals surface area contributed by atoms with Gasteiger partial charge in [-0.3, -0.25) is 23.2 Å². The molecular formula is C41H33N9O19S3. The molecule has 1 aliphatic heterocycles. The number of nitrogens with two attached hydrogens (primary N) is 1. The van der Waals surface area contributed by atoms with Crippen molar-refractivity contribution >= 4 is 110 Å². The Morgan fingerprint density at radius 2 is 1.28 bits per heavy atom. The molecule has 72 heavy (non-hydrogen) atoms. The standard InChI is InChI=1S/C41H33N9O19S3/c42-39(55)36-37(40(56)50(49-36)22-4-1-19(2-5-22)41(57)58)48-43-21-3-6-24-20(13-21)14-33(72(65,66)67)35(38(24)54)47-46-28-18-30(68-11-9-51)27(17-31(28)69-12-10-52)45-44-26-7-8-32(71(62,63)64)25-15-23(70(59,60)61)16-29(53)34(25)26/h1-8,13-18,37,51-54H,9-12H2,(H2,42,55)(H,57,58)(H,59,60,61)(H,62,63,64)(H,65,66,67). The van der Waals surface area contributed by atoms with Gasteiger partial charge in [-0.2, -0.15) is 45.6 Å². The third-order valence-corrected chi connectivity index (χ3v) is 12.6. The highest BCUT2D eigenvalue weighted by Crippen LogP contribution is 2.46. The molecule has 6 aromatic rings. The molecule has 0 fully saturated rings. The molecule has 31 heteroatoms. The Kier molecular flexibility index (Phi) is 14.4. The number of amides is 2. The van der Waals surface area contributed by atoms with Crippen molar-refractivity contribution in [1.82, 2.24) is 0 Å². The number of hydrazone groups is 1. The number of phenolic OH excluding ortho intramolecular Hbond substituents is 2. The number of aliphatic hydroxyl groups excluding tert-OH is 2. The van der Waals surface area contributed by atoms with Crippen molar-refractivity contribution in [2.45, 2.75) is 20.7 Å². The van der Waals surface area contributed by atoms with Crippen molar-refractivity contribution in [2.75, 3.05) is 31.4 Å². The number of ether oxygens (including phenoxy) is 2. The normalized spacial score (nSPS) is 14.6. The van der Waals surface area contributed by atoms with Crippen molar-refractivity contribution < 1.29 is 88.3 Å². The number of fused-ring (bicyclic) bond motifs is 2. The predicted octanol–water partition coefficient (Wildman–Crippen LogP) is 4.76. The number of hydrogen-bond acceptors (Lipinski definition) is 22. The van der Waals surface area contributed by atoms with E-state index in [1.54, 1.807) is 0 Å². The number of azo groups is 3. The van der Waals surface area contributed by atoms with Crippen molar-refractivity contribution in [2.24, 2.45) is 41.5 Å². The molecule has 1 heterocycles. The van der Waals surface area contributed by atoms with E-state index in [1.165, 1.54) is 42.5 Å². The number of aromatic hydroxyl groups is 2. The molecule has 0 radical (unpaired) electrons. The van der Waals surface area contributed by atoms with Gasteiger partial charge in [0.15, 0.2) is 11.5 Å². The summed E-state index contributed by atoms with van der Waals surface area (Å²) in [5, 5.41) is 77.9. The molecule has 0 spiro atoms. The molecule has 6 aromatic carbocycles. The number of primary amides is 1. The molecule has 7 rings (SSSR count). The van der Waals surface area contributed by atoms with Crippen LogP contribution in [0.25, 0.3) is 21.5 Å². The van der Waals surface area contributed by atoms with Crippen molar-refractivity contribution in [1.29, 1.82) is 0 Å². The number of carboxylic acid groups (broad SMARTS) is 1. The minimum Gasteiger partial charge on any atom is -0.507 e. The van der Waals surface area contributed by atoms with Crippen molar-refractivity contribution in [3.05, 3.63) is 90.5 Å². The van der Waals surface area contributed by atoms with Crippen molar-refractivity contribution in [3.8, 4) is 23.0 Å². The van der Waals surface area contributed by atoms with E-state index < -0.39 is 129 Å². The van der Waals surface area contributed by atoms with E-state index in [0.717, 1.165) is 35.3 Å². The highest BCUT2D eigenvalue weighted by molar-refractivity contribution is 7.86. The molecule has 1 unspecified atom stereocenters. The first kappa shape index (κ1) is 51.4. The van der Waals surface area contributed by atoms with Crippen LogP contribution in [0.1, 0.15) is 10.4 Å². The van der Waals surface area contributed by atoms with E-state index in [1.807, 2.05) is 0 Å². The summed E-state index contributed by atoms with van der Waals surface area (Å²) in [5.41, 5.74) is 3.10. The van der Waals surface area contributed by atoms with E-state index >= 15 is 0 Å². The van der Waals surface area contributed by atoms with Gasteiger partial charge >= 0.3 is 5.97 Å². The molecule has 1 aliphatic rings. The predicted molar refractivity (Wildman–Crippen MR) is 246 cm³/mol. The van der Waals surface area contributed by atoms with Crippen LogP contribution in [0.3, 0.4) is 0 Å². The van der Waals surface area contributed by atoms with Crippen LogP contribution in [-0.2, 0) is 39.9 Å². The van der Waals surface area contributed by atoms with Crippen LogP contribution in [0.5, 0.6) is 23.0 Å². The number of aromatic carboxylic acids is 1. The van der Waals surface area contributed by atoms with Crippen LogP contribution in [-0.4, -0.2) is 120 Å². The van der Waals surface area contributed by atoms with E-state index in [4.69, 9.17) is 15.2 Å². The number of carbonyl (C=O) groups excluding carboxylic acids is 2. The number of benzene rings is 6. The minimum atomic E-state index is -5.25. The number of rotatable bonds is 18. The zero-order chi connectivity index (χ0) is 52.4. The summed E-state index contributed by atoms with van der Waals surface area (Å²) in [6.07, 6.45) is 0. The van der Waals surface area contributed by atoms with Gasteiger partial charge in [0.2, 0.25) is 6.04 Å². The second-order valence-electron chi connectivity index (χ2n) is 14.7. The van der Waals surface area contributed by atoms with Crippen LogP contribution < -0.4 is 20.2 Å². The van der Waals surface area contributed by atoms with E-state index in [-0.39, 0.29) is 56.3 Å². The number of aliphatic hydroxyl groups is 2. The zero-order valence-corrected chi connectivity index (χ0v) is 38.4. The zero-order valence-electron chi connectivity index (χ0n) is 35.9. The third kappa shape index (κ3) is 10.8. The quantitative estimate of drug-likeness (QED) is 0.0414. The third-order valence-electron chi connectivity index (χ3n) is 9.96. The van der Waals surface area contributed by atoms with Crippen molar-refractivity contribution in [3.63, 3.8) is 0 Å². The van der Waals surface area contributed by atoms with Gasteiger partial charge < -0.3 is 40.7 Å². The monoisotopic (exact) mass is 1050 g/mol. The summed E-state index contributed by atoms with van der Waals surface area (Å²) in [6.45, 7) is -1.96. The smallest absolute Gasteiger partial charge is 0.335 e. The van der Waals surface area contributed by atoms with Crippen LogP contribution >= 0.6 is 0 Å². The molecule has 374 valence electrons. The number of anilines is 1. The van der Waals surface area contributed by atoms with Crippen LogP contribution in [0.15, 0.2) is 135 Å². The number of carbonyl (C=O) groups is 3. The Bertz CT molecular complexity index is 3720. The molecule has 2 amide bonds. The lowest BCUT2D eigenvalue weighted by Gasteiger charge is -2.13. The molecule has 0 saturated carbocycles. The Morgan fingerprint density at radius 1 is 0.681 bits per heavy atom. The topological polar surface area (TPSA) is 450 Å². The van der Waals surface area contributed by atoms with E-state index in [0.29, 0.717) is 12.1 Å². The summed E-state index contributed by atoms with van der Waals surface area (Å²) in [5.74, 6) is -5.58. The first-order valence-corrected chi connectivity index (χ1v) is 24.2. The Balaban J connectivity index is 1.26. The molecule has 1 atom stereocenters. The fourth-order valence-electron chi connectivity index (χ4n) is 6.78. The average Bonchev–Trinajstić information content (AvgIpc) is 3.65. The lowest BCUT2D eigenvalue weighted by Crippen LogP contribution is -2.35. The number of carboxylic acids is 1. The fraction of sp³-hybridized carbons (Fsp3) is 0.122. The summed E-state index contributed by atoms with van der Waals surface area (Å²) in [6, 6.07) is 13.0. The largest absolute Gasteiger partial charge is 0.507 e. The maximum Gasteiger partial charge on any atom is 0.335 e. The number of phenols is 2. The van der Waals surface area contributed by atoms with Gasteiger partial charge in [0, 0.05) is 29.0 Å². The van der Waals surface area contributed by atoms with Crippen LogP contribution in [0.4, 0.5) is 34.1 Å². The van der Waals surface area contributed by atoms with Gasteiger partial charge in [0.25, 0.3) is 42.2 Å². The maximum atomic E-state index is 13.3. The van der Waals surface area contributed by atoms with E-state index in [2.05, 4.69) is 35.8 Å². The van der Waals surface area contributed by atoms with E-state index in [9.17, 15) is 78.8 Å². The van der Waals surface area contributed by atoms with Crippen LogP contribution in [0, 0.1) is 0 Å². The summed E-state index contributed by atoms with van der Waals surface area (Å²) >= 11 is 0. The number of hydrogen-bond donors (Lipinski definition) is 9. The average molecular weight is 1050 g/mol. The van der Waals surface area contributed by atoms with Gasteiger partial charge in [-0.15, -0.1) is 20.5 Å². The summed E-state index contributed by atoms with van der Waals surface area (Å²) in [7, 11) is -15.3. The van der Waals surface area contributed by atoms with Gasteiger partial charge in [0.05, 0.1) is 46.1 Å². The Hall–Kier alpha value is -8.43. The minimum absolute atomic E-state index is 0.0731. The molecule has 28 nitrogen and oxygen atoms in total. The maximum absolute atomic E-state index is 13.3. The van der Waals surface area contributed by atoms with Gasteiger partial charge in [-0.1, -0.05) is 0 Å². The SMILES string of the molecule is NC(=O)C1=NN(c2ccc(C(=O)O)cc2)C(=O)C1N=Nc1ccc2c(O)c(N=Nc3cc(OCCO)c(N=Nc4ccc(S(=O)(=O)O)c5cc(S(=O)(=O)O)cc(O)c45)cc3OCCO)c(S(=O)(=O)O)cc2c1. The Morgan fingerprint density at radius 3 is 1.83 bits per heavy atom. The van der Waals surface area contributed by atoms with Gasteiger partial charge in [0.1, 0.15) is 57.3 Å². The molecule has 10 N–H and O–H groups in total. The second-order valence-corrected chi connectivity index (χ2v) is 18.9. The molecule has 0 aromatic heterocycles. The first-order valence-electron chi connectivity index (χ1n) is 19.9. The van der Waals surface area contributed by atoms with Gasteiger partial charge in [-0.25, -0.2) is 4.79 Å². The molecular weight excluding hydrogens is 1020 g/mol. The number of nitrogens with zero attached hydrogens (tertiary/aromatic N) is 8. The lowest BCUT2D eigenvalue weighted by molar-refractivity contribution is -0.118. The second kappa shape index (κ2) is 20.1. The Labute approximate surface area is 403 Å². The highest BCUT2D eigenvalue weighted by atomic mass is 32.2. The lowest BCUT2D eigenvalue weighted by atomic mass is 10.1. The summed E-state index contributed by atoms with van der Waals surface area (Å²) < 4.78 is 115. The molecule has 0 bridgehead atoms. The fourth-order valence-corrected chi connectivity index (χ4v) is 8.64. The van der Waals surface area contributed by atoms with Gasteiger partial charge in [-0.05, 0) is 72.1 Å². The summed E-state index contributed by atoms with van der Waals surface area (Å²) in [4.78, 5) is 34.0.